The minimum absolute atomic E-state index is 0.112. The van der Waals surface area contributed by atoms with Crippen LogP contribution in [0, 0.1) is 18.3 Å². The lowest BCUT2D eigenvalue weighted by molar-refractivity contribution is 0.428. The molecule has 0 unspecified atom stereocenters. The van der Waals surface area contributed by atoms with Gasteiger partial charge in [-0.15, -0.1) is 11.3 Å². The molecule has 0 aromatic carbocycles. The van der Waals surface area contributed by atoms with Crippen molar-refractivity contribution < 1.29 is 4.74 Å². The second-order valence-corrected chi connectivity index (χ2v) is 4.35. The molecule has 0 saturated carbocycles. The summed E-state index contributed by atoms with van der Waals surface area (Å²) in [5.41, 5.74) is 2.31. The maximum atomic E-state index is 11.6. The number of nitrogens with one attached hydrogen (secondary N) is 1. The minimum Gasteiger partial charge on any atom is -0.487 e. The standard InChI is InChI=1S/C12H10N2O2S/c1-7-6-17-12(16-2)10(7)9-4-3-8(5-13)11(15)14-9/h3-4,6H,1-2H3,(H,14,15). The van der Waals surface area contributed by atoms with Gasteiger partial charge in [-0.25, -0.2) is 0 Å². The summed E-state index contributed by atoms with van der Waals surface area (Å²) in [6.07, 6.45) is 0. The number of ether oxygens (including phenoxy) is 1. The summed E-state index contributed by atoms with van der Waals surface area (Å²) >= 11 is 1.48. The van der Waals surface area contributed by atoms with Crippen molar-refractivity contribution in [3.05, 3.63) is 39.0 Å². The van der Waals surface area contributed by atoms with E-state index >= 15 is 0 Å². The zero-order valence-electron chi connectivity index (χ0n) is 9.40. The van der Waals surface area contributed by atoms with Crippen molar-refractivity contribution in [3.63, 3.8) is 0 Å². The third-order valence-electron chi connectivity index (χ3n) is 2.43. The van der Waals surface area contributed by atoms with Crippen molar-refractivity contribution in [2.24, 2.45) is 0 Å². The molecule has 86 valence electrons. The van der Waals surface area contributed by atoms with Crippen LogP contribution < -0.4 is 10.3 Å². The van der Waals surface area contributed by atoms with Gasteiger partial charge < -0.3 is 9.72 Å². The van der Waals surface area contributed by atoms with Crippen LogP contribution in [-0.2, 0) is 0 Å². The Labute approximate surface area is 102 Å². The lowest BCUT2D eigenvalue weighted by Crippen LogP contribution is -2.10. The molecular weight excluding hydrogens is 236 g/mol. The number of hydrogen-bond acceptors (Lipinski definition) is 4. The Balaban J connectivity index is 2.62. The van der Waals surface area contributed by atoms with Crippen molar-refractivity contribution >= 4 is 11.3 Å². The van der Waals surface area contributed by atoms with Gasteiger partial charge in [0, 0.05) is 0 Å². The maximum Gasteiger partial charge on any atom is 0.266 e. The number of aromatic nitrogens is 1. The van der Waals surface area contributed by atoms with Gasteiger partial charge in [0.05, 0.1) is 18.4 Å². The molecule has 2 rings (SSSR count). The van der Waals surface area contributed by atoms with E-state index in [1.54, 1.807) is 13.2 Å². The molecule has 0 saturated heterocycles. The molecule has 2 aromatic rings. The van der Waals surface area contributed by atoms with E-state index in [-0.39, 0.29) is 11.1 Å². The van der Waals surface area contributed by atoms with Crippen LogP contribution in [0.4, 0.5) is 0 Å². The Bertz CT molecular complexity index is 649. The molecule has 0 aliphatic carbocycles. The van der Waals surface area contributed by atoms with Crippen LogP contribution in [0.5, 0.6) is 5.06 Å². The first-order valence-corrected chi connectivity index (χ1v) is 5.81. The smallest absolute Gasteiger partial charge is 0.266 e. The molecular formula is C12H10N2O2S. The topological polar surface area (TPSA) is 65.9 Å². The minimum atomic E-state index is -0.377. The van der Waals surface area contributed by atoms with Crippen LogP contribution in [0.2, 0.25) is 0 Å². The number of aryl methyl sites for hydroxylation is 1. The number of aromatic amines is 1. The number of pyridine rings is 1. The molecule has 17 heavy (non-hydrogen) atoms. The van der Waals surface area contributed by atoms with E-state index in [1.165, 1.54) is 17.4 Å². The molecule has 2 aromatic heterocycles. The molecule has 0 amide bonds. The maximum absolute atomic E-state index is 11.6. The number of nitrogens with zero attached hydrogens (tertiary/aromatic N) is 1. The van der Waals surface area contributed by atoms with Crippen LogP contribution >= 0.6 is 11.3 Å². The highest BCUT2D eigenvalue weighted by atomic mass is 32.1. The Morgan fingerprint density at radius 3 is 2.82 bits per heavy atom. The summed E-state index contributed by atoms with van der Waals surface area (Å²) in [7, 11) is 1.59. The molecule has 0 spiro atoms. The first-order chi connectivity index (χ1) is 8.17. The fourth-order valence-corrected chi connectivity index (χ4v) is 2.49. The van der Waals surface area contributed by atoms with Gasteiger partial charge in [0.1, 0.15) is 11.6 Å². The lowest BCUT2D eigenvalue weighted by atomic mass is 10.1. The number of methoxy groups -OCH3 is 1. The third kappa shape index (κ3) is 1.95. The summed E-state index contributed by atoms with van der Waals surface area (Å²) in [5, 5.41) is 11.4. The average Bonchev–Trinajstić information content (AvgIpc) is 2.70. The van der Waals surface area contributed by atoms with Crippen LogP contribution in [0.25, 0.3) is 11.3 Å². The van der Waals surface area contributed by atoms with Gasteiger partial charge in [0.25, 0.3) is 5.56 Å². The second kappa shape index (κ2) is 4.44. The Hall–Kier alpha value is -2.06. The molecule has 5 heteroatoms. The monoisotopic (exact) mass is 246 g/mol. The number of rotatable bonds is 2. The van der Waals surface area contributed by atoms with Crippen molar-refractivity contribution in [1.82, 2.24) is 4.98 Å². The molecule has 4 nitrogen and oxygen atoms in total. The molecule has 0 radical (unpaired) electrons. The van der Waals surface area contributed by atoms with Crippen molar-refractivity contribution in [1.29, 1.82) is 5.26 Å². The number of thiophene rings is 1. The van der Waals surface area contributed by atoms with Crippen LogP contribution in [0.15, 0.2) is 22.3 Å². The molecule has 0 bridgehead atoms. The van der Waals surface area contributed by atoms with Gasteiger partial charge in [-0.3, -0.25) is 4.79 Å². The predicted octanol–water partition coefficient (Wildman–Crippen LogP) is 2.29. The lowest BCUT2D eigenvalue weighted by Gasteiger charge is -2.04. The second-order valence-electron chi connectivity index (χ2n) is 3.51. The SMILES string of the molecule is COc1scc(C)c1-c1ccc(C#N)c(=O)[nH]1. The highest BCUT2D eigenvalue weighted by Crippen LogP contribution is 2.37. The Morgan fingerprint density at radius 2 is 2.24 bits per heavy atom. The van der Waals surface area contributed by atoms with E-state index in [9.17, 15) is 4.79 Å². The van der Waals surface area contributed by atoms with E-state index < -0.39 is 0 Å². The van der Waals surface area contributed by atoms with Crippen LogP contribution in [0.3, 0.4) is 0 Å². The molecule has 0 aliphatic rings. The molecule has 2 heterocycles. The van der Waals surface area contributed by atoms with E-state index in [0.29, 0.717) is 5.69 Å². The molecule has 1 N–H and O–H groups in total. The van der Waals surface area contributed by atoms with Crippen molar-refractivity contribution in [3.8, 4) is 22.4 Å². The van der Waals surface area contributed by atoms with Gasteiger partial charge in [-0.2, -0.15) is 5.26 Å². The summed E-state index contributed by atoms with van der Waals surface area (Å²) in [5.74, 6) is 0. The first kappa shape index (κ1) is 11.4. The Kier molecular flexibility index (Phi) is 2.98. The van der Waals surface area contributed by atoms with Crippen molar-refractivity contribution in [2.45, 2.75) is 6.92 Å². The zero-order valence-corrected chi connectivity index (χ0v) is 10.2. The van der Waals surface area contributed by atoms with Gasteiger partial charge in [0.15, 0.2) is 5.06 Å². The molecule has 0 aliphatic heterocycles. The van der Waals surface area contributed by atoms with Crippen LogP contribution in [-0.4, -0.2) is 12.1 Å². The number of H-pyrrole nitrogens is 1. The number of hydrogen-bond donors (Lipinski definition) is 1. The fourth-order valence-electron chi connectivity index (χ4n) is 1.60. The van der Waals surface area contributed by atoms with Gasteiger partial charge in [-0.05, 0) is 30.0 Å². The predicted molar refractivity (Wildman–Crippen MR) is 66.4 cm³/mol. The highest BCUT2D eigenvalue weighted by Gasteiger charge is 2.13. The van der Waals surface area contributed by atoms with Gasteiger partial charge >= 0.3 is 0 Å². The summed E-state index contributed by atoms with van der Waals surface area (Å²) in [4.78, 5) is 14.3. The first-order valence-electron chi connectivity index (χ1n) is 4.93. The van der Waals surface area contributed by atoms with E-state index in [2.05, 4.69) is 4.98 Å². The Morgan fingerprint density at radius 1 is 1.47 bits per heavy atom. The zero-order chi connectivity index (χ0) is 12.4. The summed E-state index contributed by atoms with van der Waals surface area (Å²) in [6.45, 7) is 1.95. The van der Waals surface area contributed by atoms with E-state index in [0.717, 1.165) is 16.2 Å². The van der Waals surface area contributed by atoms with Crippen molar-refractivity contribution in [2.75, 3.05) is 7.11 Å². The highest BCUT2D eigenvalue weighted by molar-refractivity contribution is 7.12. The van der Waals surface area contributed by atoms with E-state index in [1.807, 2.05) is 18.4 Å². The molecule has 0 fully saturated rings. The van der Waals surface area contributed by atoms with Gasteiger partial charge in [0.2, 0.25) is 0 Å². The normalized spacial score (nSPS) is 9.94. The van der Waals surface area contributed by atoms with Crippen LogP contribution in [0.1, 0.15) is 11.1 Å². The average molecular weight is 246 g/mol. The summed E-state index contributed by atoms with van der Waals surface area (Å²) in [6, 6.07) is 5.08. The molecule has 0 atom stereocenters. The van der Waals surface area contributed by atoms with Gasteiger partial charge in [-0.1, -0.05) is 0 Å². The quantitative estimate of drug-likeness (QED) is 0.884. The number of nitriles is 1. The fraction of sp³-hybridized carbons (Fsp3) is 0.167. The third-order valence-corrected chi connectivity index (χ3v) is 3.48. The summed E-state index contributed by atoms with van der Waals surface area (Å²) < 4.78 is 5.25. The largest absolute Gasteiger partial charge is 0.487 e. The van der Waals surface area contributed by atoms with E-state index in [4.69, 9.17) is 10.00 Å².